The molecule has 0 aromatic carbocycles. The Kier molecular flexibility index (Phi) is 4.03. The summed E-state index contributed by atoms with van der Waals surface area (Å²) in [5, 5.41) is 0. The maximum Gasteiger partial charge on any atom is 0.313 e. The van der Waals surface area contributed by atoms with E-state index in [1.54, 1.807) is 0 Å². The van der Waals surface area contributed by atoms with Gasteiger partial charge in [0.2, 0.25) is 0 Å². The molecule has 2 aliphatic rings. The summed E-state index contributed by atoms with van der Waals surface area (Å²) in [6.07, 6.45) is 12.8. The Morgan fingerprint density at radius 3 is 2.53 bits per heavy atom. The van der Waals surface area contributed by atoms with Crippen molar-refractivity contribution in [1.82, 2.24) is 0 Å². The SMILES string of the molecule is CCCC1OC(=O)C2C=CC=CC2C1CCC. The number of rotatable bonds is 4. The van der Waals surface area contributed by atoms with E-state index in [9.17, 15) is 4.79 Å². The van der Waals surface area contributed by atoms with Gasteiger partial charge in [0.15, 0.2) is 0 Å². The number of ether oxygens (including phenoxy) is 1. The van der Waals surface area contributed by atoms with Gasteiger partial charge in [-0.05, 0) is 12.8 Å². The monoisotopic (exact) mass is 234 g/mol. The molecule has 0 aromatic heterocycles. The van der Waals surface area contributed by atoms with Crippen LogP contribution in [0.4, 0.5) is 0 Å². The lowest BCUT2D eigenvalue weighted by Gasteiger charge is -2.40. The van der Waals surface area contributed by atoms with Gasteiger partial charge < -0.3 is 4.74 Å². The summed E-state index contributed by atoms with van der Waals surface area (Å²) in [7, 11) is 0. The predicted molar refractivity (Wildman–Crippen MR) is 68.4 cm³/mol. The number of esters is 1. The summed E-state index contributed by atoms with van der Waals surface area (Å²) in [6, 6.07) is 0. The molecule has 0 radical (unpaired) electrons. The maximum absolute atomic E-state index is 12.0. The summed E-state index contributed by atoms with van der Waals surface area (Å²) < 4.78 is 5.64. The van der Waals surface area contributed by atoms with Gasteiger partial charge in [0.25, 0.3) is 0 Å². The molecular formula is C15H22O2. The molecule has 0 amide bonds. The third kappa shape index (κ3) is 2.46. The first-order valence-electron chi connectivity index (χ1n) is 6.83. The predicted octanol–water partition coefficient (Wildman–Crippen LogP) is 3.49. The Hall–Kier alpha value is -1.05. The van der Waals surface area contributed by atoms with Crippen molar-refractivity contribution in [2.45, 2.75) is 45.6 Å². The van der Waals surface area contributed by atoms with Crippen LogP contribution in [0.2, 0.25) is 0 Å². The molecule has 1 heterocycles. The first-order chi connectivity index (χ1) is 8.27. The van der Waals surface area contributed by atoms with Gasteiger partial charge in [-0.2, -0.15) is 0 Å². The van der Waals surface area contributed by atoms with Crippen molar-refractivity contribution in [3.63, 3.8) is 0 Å². The van der Waals surface area contributed by atoms with Crippen LogP contribution in [0.5, 0.6) is 0 Å². The van der Waals surface area contributed by atoms with E-state index in [1.807, 2.05) is 12.2 Å². The van der Waals surface area contributed by atoms with Crippen LogP contribution in [-0.2, 0) is 9.53 Å². The second-order valence-electron chi connectivity index (χ2n) is 5.09. The highest BCUT2D eigenvalue weighted by Gasteiger charge is 2.42. The van der Waals surface area contributed by atoms with Crippen molar-refractivity contribution >= 4 is 5.97 Å². The topological polar surface area (TPSA) is 26.3 Å². The molecule has 2 heteroatoms. The fourth-order valence-electron chi connectivity index (χ4n) is 3.10. The van der Waals surface area contributed by atoms with E-state index in [2.05, 4.69) is 26.0 Å². The van der Waals surface area contributed by atoms with E-state index in [1.165, 1.54) is 0 Å². The molecule has 1 fully saturated rings. The van der Waals surface area contributed by atoms with Crippen molar-refractivity contribution in [3.05, 3.63) is 24.3 Å². The smallest absolute Gasteiger partial charge is 0.313 e. The summed E-state index contributed by atoms with van der Waals surface area (Å²) in [6.45, 7) is 4.36. The summed E-state index contributed by atoms with van der Waals surface area (Å²) in [4.78, 5) is 12.0. The normalized spacial score (nSPS) is 35.5. The molecule has 0 spiro atoms. The first kappa shape index (κ1) is 12.4. The molecule has 17 heavy (non-hydrogen) atoms. The van der Waals surface area contributed by atoms with E-state index in [4.69, 9.17) is 4.74 Å². The minimum Gasteiger partial charge on any atom is -0.462 e. The van der Waals surface area contributed by atoms with E-state index in [-0.39, 0.29) is 18.0 Å². The van der Waals surface area contributed by atoms with Gasteiger partial charge in [0.05, 0.1) is 5.92 Å². The second-order valence-corrected chi connectivity index (χ2v) is 5.09. The summed E-state index contributed by atoms with van der Waals surface area (Å²) >= 11 is 0. The van der Waals surface area contributed by atoms with Gasteiger partial charge in [-0.3, -0.25) is 4.79 Å². The molecule has 1 aliphatic heterocycles. The fraction of sp³-hybridized carbons (Fsp3) is 0.667. The molecule has 0 N–H and O–H groups in total. The van der Waals surface area contributed by atoms with Crippen LogP contribution in [0, 0.1) is 17.8 Å². The third-order valence-electron chi connectivity index (χ3n) is 3.88. The van der Waals surface area contributed by atoms with E-state index >= 15 is 0 Å². The van der Waals surface area contributed by atoms with Crippen molar-refractivity contribution in [2.24, 2.45) is 17.8 Å². The highest BCUT2D eigenvalue weighted by atomic mass is 16.5. The summed E-state index contributed by atoms with van der Waals surface area (Å²) in [5.74, 6) is 0.799. The van der Waals surface area contributed by atoms with Gasteiger partial charge in [-0.25, -0.2) is 0 Å². The Balaban J connectivity index is 2.19. The summed E-state index contributed by atoms with van der Waals surface area (Å²) in [5.41, 5.74) is 0. The molecule has 0 bridgehead atoms. The number of hydrogen-bond donors (Lipinski definition) is 0. The molecular weight excluding hydrogens is 212 g/mol. The van der Waals surface area contributed by atoms with Crippen LogP contribution in [0.25, 0.3) is 0 Å². The number of carbonyl (C=O) groups is 1. The molecule has 1 saturated heterocycles. The fourth-order valence-corrected chi connectivity index (χ4v) is 3.10. The molecule has 1 aliphatic carbocycles. The van der Waals surface area contributed by atoms with Crippen molar-refractivity contribution in [1.29, 1.82) is 0 Å². The Labute approximate surface area is 104 Å². The molecule has 2 rings (SSSR count). The second kappa shape index (κ2) is 5.52. The molecule has 4 unspecified atom stereocenters. The number of allylic oxidation sites excluding steroid dienone is 3. The molecule has 94 valence electrons. The number of carbonyl (C=O) groups excluding carboxylic acids is 1. The zero-order chi connectivity index (χ0) is 12.3. The third-order valence-corrected chi connectivity index (χ3v) is 3.88. The van der Waals surface area contributed by atoms with Gasteiger partial charge in [0.1, 0.15) is 6.10 Å². The van der Waals surface area contributed by atoms with Crippen LogP contribution < -0.4 is 0 Å². The van der Waals surface area contributed by atoms with Crippen molar-refractivity contribution < 1.29 is 9.53 Å². The van der Waals surface area contributed by atoms with E-state index in [0.29, 0.717) is 11.8 Å². The van der Waals surface area contributed by atoms with Gasteiger partial charge in [-0.15, -0.1) is 0 Å². The standard InChI is InChI=1S/C15H22O2/c1-3-7-12-11-9-5-6-10-13(11)15(16)17-14(12)8-4-2/h5-6,9-14H,3-4,7-8H2,1-2H3. The quantitative estimate of drug-likeness (QED) is 0.696. The van der Waals surface area contributed by atoms with Gasteiger partial charge >= 0.3 is 5.97 Å². The van der Waals surface area contributed by atoms with E-state index < -0.39 is 0 Å². The number of hydrogen-bond acceptors (Lipinski definition) is 2. The minimum atomic E-state index is -0.0374. The van der Waals surface area contributed by atoms with E-state index in [0.717, 1.165) is 25.7 Å². The number of cyclic esters (lactones) is 1. The van der Waals surface area contributed by atoms with Crippen molar-refractivity contribution in [2.75, 3.05) is 0 Å². The average Bonchev–Trinajstić information content (AvgIpc) is 2.34. The Morgan fingerprint density at radius 1 is 1.12 bits per heavy atom. The first-order valence-corrected chi connectivity index (χ1v) is 6.83. The minimum absolute atomic E-state index is 0.0265. The van der Waals surface area contributed by atoms with Crippen LogP contribution >= 0.6 is 0 Å². The lowest BCUT2D eigenvalue weighted by molar-refractivity contribution is -0.168. The van der Waals surface area contributed by atoms with Crippen LogP contribution in [0.15, 0.2) is 24.3 Å². The average molecular weight is 234 g/mol. The van der Waals surface area contributed by atoms with Gasteiger partial charge in [-0.1, -0.05) is 51.0 Å². The lowest BCUT2D eigenvalue weighted by Crippen LogP contribution is -2.44. The van der Waals surface area contributed by atoms with Crippen molar-refractivity contribution in [3.8, 4) is 0 Å². The molecule has 4 atom stereocenters. The van der Waals surface area contributed by atoms with Gasteiger partial charge in [0, 0.05) is 11.8 Å². The molecule has 0 saturated carbocycles. The zero-order valence-electron chi connectivity index (χ0n) is 10.8. The Bertz CT molecular complexity index is 330. The highest BCUT2D eigenvalue weighted by Crippen LogP contribution is 2.39. The largest absolute Gasteiger partial charge is 0.462 e. The van der Waals surface area contributed by atoms with Crippen LogP contribution in [0.3, 0.4) is 0 Å². The molecule has 2 nitrogen and oxygen atoms in total. The zero-order valence-corrected chi connectivity index (χ0v) is 10.8. The van der Waals surface area contributed by atoms with Crippen LogP contribution in [-0.4, -0.2) is 12.1 Å². The number of fused-ring (bicyclic) bond motifs is 1. The molecule has 0 aromatic rings. The maximum atomic E-state index is 12.0. The van der Waals surface area contributed by atoms with Crippen LogP contribution in [0.1, 0.15) is 39.5 Å². The lowest BCUT2D eigenvalue weighted by atomic mass is 9.72. The highest BCUT2D eigenvalue weighted by molar-refractivity contribution is 5.76. The Morgan fingerprint density at radius 2 is 1.82 bits per heavy atom.